The monoisotopic (exact) mass is 875 g/mol. The second-order valence-corrected chi connectivity index (χ2v) is 16.9. The summed E-state index contributed by atoms with van der Waals surface area (Å²) in [5, 5.41) is 0.509. The minimum Gasteiger partial charge on any atom is -0.364 e. The number of aryl methyl sites for hydroxylation is 6. The van der Waals surface area contributed by atoms with Crippen LogP contribution in [0.2, 0.25) is 0 Å². The van der Waals surface area contributed by atoms with Crippen LogP contribution in [-0.2, 0) is 10.8 Å². The van der Waals surface area contributed by atoms with E-state index in [9.17, 15) is 13.8 Å². The Labute approximate surface area is 336 Å². The molecule has 1 unspecified atom stereocenters. The van der Waals surface area contributed by atoms with Crippen molar-refractivity contribution in [2.75, 3.05) is 24.2 Å². The first-order valence-corrected chi connectivity index (χ1v) is 20.9. The van der Waals surface area contributed by atoms with Gasteiger partial charge in [-0.25, -0.2) is 9.97 Å². The van der Waals surface area contributed by atoms with Crippen molar-refractivity contribution < 1.29 is 13.8 Å². The van der Waals surface area contributed by atoms with Crippen LogP contribution in [0.1, 0.15) is 81.3 Å². The van der Waals surface area contributed by atoms with Crippen molar-refractivity contribution >= 4 is 71.6 Å². The predicted molar refractivity (Wildman–Crippen MR) is 227 cm³/mol. The van der Waals surface area contributed by atoms with Gasteiger partial charge in [0.15, 0.2) is 0 Å². The van der Waals surface area contributed by atoms with Gasteiger partial charge in [-0.1, -0.05) is 45.7 Å². The zero-order valence-electron chi connectivity index (χ0n) is 32.2. The minimum atomic E-state index is -1.29. The van der Waals surface area contributed by atoms with Crippen LogP contribution in [-0.4, -0.2) is 54.1 Å². The van der Waals surface area contributed by atoms with Crippen LogP contribution in [0.3, 0.4) is 0 Å². The predicted octanol–water partition coefficient (Wildman–Crippen LogP) is 8.94. The van der Waals surface area contributed by atoms with E-state index >= 15 is 0 Å². The Morgan fingerprint density at radius 1 is 0.667 bits per heavy atom. The van der Waals surface area contributed by atoms with Crippen molar-refractivity contribution in [2.24, 2.45) is 11.5 Å². The molecule has 2 amide bonds. The average Bonchev–Trinajstić information content (AvgIpc) is 3.63. The molecule has 4 heterocycles. The van der Waals surface area contributed by atoms with Gasteiger partial charge >= 0.3 is 0 Å². The number of rotatable bonds is 10. The van der Waals surface area contributed by atoms with Crippen LogP contribution in [0.5, 0.6) is 0 Å². The van der Waals surface area contributed by atoms with E-state index in [2.05, 4.69) is 87.6 Å². The number of nitrogens with zero attached hydrogens (tertiary/aromatic N) is 5. The third-order valence-electron chi connectivity index (χ3n) is 9.28. The van der Waals surface area contributed by atoms with Gasteiger partial charge < -0.3 is 16.4 Å². The first kappa shape index (κ1) is 40.8. The Morgan fingerprint density at radius 2 is 1.06 bits per heavy atom. The maximum absolute atomic E-state index is 12.4. The zero-order valence-corrected chi connectivity index (χ0v) is 36.2. The number of amides is 2. The third kappa shape index (κ3) is 8.04. The Bertz CT molecular complexity index is 2420. The molecule has 284 valence electrons. The maximum atomic E-state index is 12.4. The lowest BCUT2D eigenvalue weighted by Gasteiger charge is -2.26. The molecule has 0 saturated heterocycles. The molecule has 0 aliphatic carbocycles. The number of aromatic nitrogens is 4. The number of hydrogen-bond donors (Lipinski definition) is 2. The summed E-state index contributed by atoms with van der Waals surface area (Å²) in [7, 11) is -1.29. The van der Waals surface area contributed by atoms with Crippen molar-refractivity contribution in [3.63, 3.8) is 0 Å². The highest BCUT2D eigenvalue weighted by molar-refractivity contribution is 9.10. The fourth-order valence-corrected chi connectivity index (χ4v) is 9.45. The van der Waals surface area contributed by atoms with Crippen molar-refractivity contribution in [2.45, 2.75) is 73.3 Å². The van der Waals surface area contributed by atoms with Gasteiger partial charge in [-0.05, 0) is 130 Å². The summed E-state index contributed by atoms with van der Waals surface area (Å²) in [5.74, 6) is -0.0480. The van der Waals surface area contributed by atoms with Gasteiger partial charge in [-0.3, -0.25) is 22.6 Å². The summed E-state index contributed by atoms with van der Waals surface area (Å²) in [4.78, 5) is 36.2. The molecule has 1 atom stereocenters. The van der Waals surface area contributed by atoms with Gasteiger partial charge in [0.25, 0.3) is 11.8 Å². The van der Waals surface area contributed by atoms with Crippen molar-refractivity contribution in [1.29, 1.82) is 0 Å². The standard InChI is InChI=1S/C23H29BrN4O.C18H18BrN3O2S/c1-6-8-27(9-7-2)20-12-16(5)26-23-18(13-19(22(25)29)28(20)23)21-14(3)10-17(24)11-15(21)4;1-9-5-12(19)6-10(2)16(9)13-8-14(17(20)23)22-15(25(4)24)7-11(3)21-18(13)22/h10-13H,6-9H2,1-5H3,(H2,25,29);5-8H,1-4H3,(H2,20,23). The Kier molecular flexibility index (Phi) is 12.5. The van der Waals surface area contributed by atoms with Crippen molar-refractivity contribution in [1.82, 2.24) is 18.8 Å². The molecule has 0 bridgehead atoms. The fraction of sp³-hybridized carbons (Fsp3) is 0.317. The number of halogens is 2. The van der Waals surface area contributed by atoms with Gasteiger partial charge in [0.1, 0.15) is 33.5 Å². The van der Waals surface area contributed by atoms with E-state index < -0.39 is 22.6 Å². The highest BCUT2D eigenvalue weighted by atomic mass is 79.9. The lowest BCUT2D eigenvalue weighted by molar-refractivity contribution is 0.0986. The minimum absolute atomic E-state index is 0.282. The molecule has 4 N–H and O–H groups in total. The number of nitrogens with two attached hydrogens (primary N) is 2. The number of primary amides is 2. The van der Waals surface area contributed by atoms with Gasteiger partial charge in [-0.2, -0.15) is 0 Å². The summed E-state index contributed by atoms with van der Waals surface area (Å²) in [5.41, 5.74) is 23.4. The normalized spacial score (nSPS) is 11.8. The molecule has 54 heavy (non-hydrogen) atoms. The number of anilines is 1. The summed E-state index contributed by atoms with van der Waals surface area (Å²) in [6, 6.07) is 15.6. The molecule has 2 aromatic carbocycles. The lowest BCUT2D eigenvalue weighted by atomic mass is 9.97. The smallest absolute Gasteiger partial charge is 0.265 e. The van der Waals surface area contributed by atoms with E-state index in [1.807, 2.05) is 50.3 Å². The molecule has 4 aromatic heterocycles. The Hall–Kier alpha value is -4.33. The van der Waals surface area contributed by atoms with Crippen LogP contribution in [0.15, 0.2) is 62.5 Å². The van der Waals surface area contributed by atoms with Gasteiger partial charge in [0, 0.05) is 56.9 Å². The highest BCUT2D eigenvalue weighted by Crippen LogP contribution is 2.37. The van der Waals surface area contributed by atoms with Gasteiger partial charge in [0.2, 0.25) is 0 Å². The topological polar surface area (TPSA) is 141 Å². The Morgan fingerprint density at radius 3 is 1.44 bits per heavy atom. The van der Waals surface area contributed by atoms with Crippen LogP contribution < -0.4 is 16.4 Å². The van der Waals surface area contributed by atoms with E-state index in [4.69, 9.17) is 16.5 Å². The number of carbonyl (C=O) groups excluding carboxylic acids is 2. The van der Waals surface area contributed by atoms with E-state index in [0.717, 1.165) is 102 Å². The molecule has 0 saturated carbocycles. The molecule has 6 rings (SSSR count). The molecular formula is C41H47Br2N7O3S. The van der Waals surface area contributed by atoms with Crippen LogP contribution in [0, 0.1) is 41.5 Å². The molecule has 10 nitrogen and oxygen atoms in total. The van der Waals surface area contributed by atoms with E-state index in [0.29, 0.717) is 16.4 Å². The zero-order chi connectivity index (χ0) is 39.8. The van der Waals surface area contributed by atoms with E-state index in [1.165, 1.54) is 0 Å². The number of hydrogen-bond acceptors (Lipinski definition) is 6. The molecule has 0 aliphatic rings. The third-order valence-corrected chi connectivity index (χ3v) is 11.1. The lowest BCUT2D eigenvalue weighted by Crippen LogP contribution is -2.28. The van der Waals surface area contributed by atoms with Crippen molar-refractivity contribution in [3.05, 3.63) is 103 Å². The Balaban J connectivity index is 0.000000210. The highest BCUT2D eigenvalue weighted by Gasteiger charge is 2.24. The molecule has 13 heteroatoms. The summed E-state index contributed by atoms with van der Waals surface area (Å²) in [6.07, 6.45) is 3.62. The second-order valence-electron chi connectivity index (χ2n) is 13.7. The largest absolute Gasteiger partial charge is 0.364 e. The molecule has 0 spiro atoms. The van der Waals surface area contributed by atoms with Crippen molar-refractivity contribution in [3.8, 4) is 22.3 Å². The summed E-state index contributed by atoms with van der Waals surface area (Å²) >= 11 is 7.08. The molecule has 0 radical (unpaired) electrons. The first-order valence-electron chi connectivity index (χ1n) is 17.8. The van der Waals surface area contributed by atoms with E-state index in [-0.39, 0.29) is 5.69 Å². The number of fused-ring (bicyclic) bond motifs is 2. The molecule has 6 aromatic rings. The van der Waals surface area contributed by atoms with Crippen LogP contribution >= 0.6 is 31.9 Å². The summed E-state index contributed by atoms with van der Waals surface area (Å²) < 4.78 is 17.8. The molecule has 0 aliphatic heterocycles. The molecule has 0 fully saturated rings. The number of benzene rings is 2. The summed E-state index contributed by atoms with van der Waals surface area (Å²) in [6.45, 7) is 18.2. The van der Waals surface area contributed by atoms with E-state index in [1.54, 1.807) is 22.8 Å². The average molecular weight is 878 g/mol. The van der Waals surface area contributed by atoms with Gasteiger partial charge in [-0.15, -0.1) is 0 Å². The molecular weight excluding hydrogens is 830 g/mol. The van der Waals surface area contributed by atoms with Crippen LogP contribution in [0.4, 0.5) is 5.82 Å². The first-order chi connectivity index (χ1) is 25.5. The quantitative estimate of drug-likeness (QED) is 0.132. The fourth-order valence-electron chi connectivity index (χ4n) is 7.30. The number of carbonyl (C=O) groups is 2. The maximum Gasteiger partial charge on any atom is 0.265 e. The SMILES string of the molecule is CCCN(CCC)c1cc(C)nc2c(-c3c(C)cc(Br)cc3C)cc(C(N)=O)n12.Cc1cc(S(C)=O)n2c(C(N)=O)cc(-c3c(C)cc(Br)cc3C)c2n1. The second kappa shape index (κ2) is 16.6. The van der Waals surface area contributed by atoms with Gasteiger partial charge in [0.05, 0.1) is 10.8 Å². The van der Waals surface area contributed by atoms with Crippen LogP contribution in [0.25, 0.3) is 33.5 Å².